The Morgan fingerprint density at radius 3 is 2.29 bits per heavy atom. The number of hydrazine groups is 1. The van der Waals surface area contributed by atoms with Gasteiger partial charge in [-0.15, -0.1) is 0 Å². The Morgan fingerprint density at radius 1 is 0.917 bits per heavy atom. The summed E-state index contributed by atoms with van der Waals surface area (Å²) in [6, 6.07) is 19.3. The fourth-order valence-corrected chi connectivity index (χ4v) is 3.46. The number of carbonyl (C=O) groups excluding carboxylic acids is 2. The highest BCUT2D eigenvalue weighted by Gasteiger charge is 2.45. The molecule has 0 aromatic heterocycles. The van der Waals surface area contributed by atoms with E-state index in [0.29, 0.717) is 19.5 Å². The van der Waals surface area contributed by atoms with E-state index in [1.807, 2.05) is 60.7 Å². The molecule has 2 heterocycles. The Labute approximate surface area is 141 Å². The van der Waals surface area contributed by atoms with Gasteiger partial charge in [0.05, 0.1) is 19.0 Å². The topological polar surface area (TPSA) is 43.9 Å². The highest BCUT2D eigenvalue weighted by atomic mass is 16.2. The van der Waals surface area contributed by atoms with Crippen LogP contribution in [0.15, 0.2) is 60.7 Å². The van der Waals surface area contributed by atoms with Crippen molar-refractivity contribution in [3.8, 4) is 0 Å². The van der Waals surface area contributed by atoms with Crippen molar-refractivity contribution in [1.29, 1.82) is 0 Å². The van der Waals surface area contributed by atoms with E-state index in [0.717, 1.165) is 17.7 Å². The number of carbonyl (C=O) groups is 2. The number of hydrogen-bond donors (Lipinski definition) is 0. The quantitative estimate of drug-likeness (QED) is 0.872. The van der Waals surface area contributed by atoms with Crippen molar-refractivity contribution in [3.63, 3.8) is 0 Å². The minimum Gasteiger partial charge on any atom is -0.293 e. The summed E-state index contributed by atoms with van der Waals surface area (Å²) in [5, 5.41) is 3.27. The van der Waals surface area contributed by atoms with Gasteiger partial charge < -0.3 is 0 Å². The molecule has 0 spiro atoms. The SMILES string of the molecule is O=C1CC2CCN(c3ccccc3)C(=O)N2N1Cc1ccccc1. The normalized spacial score (nSPS) is 20.5. The molecule has 0 bridgehead atoms. The fraction of sp³-hybridized carbons (Fsp3) is 0.263. The molecule has 2 aromatic rings. The van der Waals surface area contributed by atoms with Gasteiger partial charge in [0.1, 0.15) is 0 Å². The Hall–Kier alpha value is -2.82. The number of para-hydroxylation sites is 1. The van der Waals surface area contributed by atoms with Crippen molar-refractivity contribution in [1.82, 2.24) is 10.0 Å². The largest absolute Gasteiger partial charge is 0.343 e. The molecule has 1 unspecified atom stereocenters. The van der Waals surface area contributed by atoms with Gasteiger partial charge in [-0.1, -0.05) is 48.5 Å². The average molecular weight is 321 g/mol. The van der Waals surface area contributed by atoms with Gasteiger partial charge in [0, 0.05) is 12.2 Å². The molecule has 2 aromatic carbocycles. The van der Waals surface area contributed by atoms with E-state index in [1.165, 1.54) is 0 Å². The number of urea groups is 1. The molecule has 4 rings (SSSR count). The molecule has 122 valence electrons. The van der Waals surface area contributed by atoms with E-state index in [4.69, 9.17) is 0 Å². The van der Waals surface area contributed by atoms with E-state index < -0.39 is 0 Å². The molecule has 1 atom stereocenters. The van der Waals surface area contributed by atoms with Gasteiger partial charge in [-0.3, -0.25) is 9.69 Å². The molecule has 5 nitrogen and oxygen atoms in total. The number of fused-ring (bicyclic) bond motifs is 1. The Balaban J connectivity index is 1.60. The minimum atomic E-state index is -0.112. The molecule has 24 heavy (non-hydrogen) atoms. The number of anilines is 1. The van der Waals surface area contributed by atoms with Crippen LogP contribution in [-0.2, 0) is 11.3 Å². The highest BCUT2D eigenvalue weighted by Crippen LogP contribution is 2.31. The number of nitrogens with zero attached hydrogens (tertiary/aromatic N) is 3. The third-order valence-corrected chi connectivity index (χ3v) is 4.66. The van der Waals surface area contributed by atoms with E-state index in [-0.39, 0.29) is 18.0 Å². The van der Waals surface area contributed by atoms with Crippen molar-refractivity contribution in [2.75, 3.05) is 11.4 Å². The summed E-state index contributed by atoms with van der Waals surface area (Å²) in [5.41, 5.74) is 1.90. The lowest BCUT2D eigenvalue weighted by Crippen LogP contribution is -2.56. The average Bonchev–Trinajstić information content (AvgIpc) is 2.93. The Kier molecular flexibility index (Phi) is 3.69. The van der Waals surface area contributed by atoms with Crippen LogP contribution in [0, 0.1) is 0 Å². The van der Waals surface area contributed by atoms with Crippen LogP contribution < -0.4 is 4.90 Å². The molecule has 0 aliphatic carbocycles. The second-order valence-electron chi connectivity index (χ2n) is 6.20. The molecular formula is C19H19N3O2. The molecule has 2 aliphatic rings. The smallest absolute Gasteiger partial charge is 0.293 e. The summed E-state index contributed by atoms with van der Waals surface area (Å²) < 4.78 is 0. The second-order valence-corrected chi connectivity index (χ2v) is 6.20. The van der Waals surface area contributed by atoms with E-state index in [2.05, 4.69) is 0 Å². The van der Waals surface area contributed by atoms with Crippen molar-refractivity contribution >= 4 is 17.6 Å². The number of amides is 3. The molecule has 0 saturated carbocycles. The van der Waals surface area contributed by atoms with Gasteiger partial charge in [-0.25, -0.2) is 14.8 Å². The lowest BCUT2D eigenvalue weighted by atomic mass is 10.1. The van der Waals surface area contributed by atoms with Crippen molar-refractivity contribution in [2.45, 2.75) is 25.4 Å². The van der Waals surface area contributed by atoms with E-state index in [1.54, 1.807) is 14.9 Å². The summed E-state index contributed by atoms with van der Waals surface area (Å²) in [4.78, 5) is 27.2. The summed E-state index contributed by atoms with van der Waals surface area (Å²) in [7, 11) is 0. The zero-order valence-electron chi connectivity index (χ0n) is 13.3. The number of rotatable bonds is 3. The van der Waals surface area contributed by atoms with E-state index >= 15 is 0 Å². The zero-order chi connectivity index (χ0) is 16.5. The maximum atomic E-state index is 13.0. The summed E-state index contributed by atoms with van der Waals surface area (Å²) >= 11 is 0. The van der Waals surface area contributed by atoms with Crippen LogP contribution in [-0.4, -0.2) is 34.5 Å². The predicted octanol–water partition coefficient (Wildman–Crippen LogP) is 3.03. The van der Waals surface area contributed by atoms with Gasteiger partial charge in [0.25, 0.3) is 0 Å². The van der Waals surface area contributed by atoms with Gasteiger partial charge >= 0.3 is 6.03 Å². The van der Waals surface area contributed by atoms with Crippen molar-refractivity contribution in [3.05, 3.63) is 66.2 Å². The van der Waals surface area contributed by atoms with Gasteiger partial charge in [0.2, 0.25) is 5.91 Å². The van der Waals surface area contributed by atoms with Gasteiger partial charge in [0.15, 0.2) is 0 Å². The van der Waals surface area contributed by atoms with Crippen LogP contribution in [0.3, 0.4) is 0 Å². The summed E-state index contributed by atoms with van der Waals surface area (Å²) in [5.74, 6) is 0.0205. The zero-order valence-corrected chi connectivity index (χ0v) is 13.3. The lowest BCUT2D eigenvalue weighted by Gasteiger charge is -2.40. The molecule has 0 N–H and O–H groups in total. The van der Waals surface area contributed by atoms with Crippen LogP contribution in [0.25, 0.3) is 0 Å². The monoisotopic (exact) mass is 321 g/mol. The number of hydrogen-bond acceptors (Lipinski definition) is 2. The molecule has 2 saturated heterocycles. The summed E-state index contributed by atoms with van der Waals surface area (Å²) in [6.45, 7) is 1.08. The molecule has 3 amide bonds. The third kappa shape index (κ3) is 2.52. The van der Waals surface area contributed by atoms with Gasteiger partial charge in [-0.2, -0.15) is 0 Å². The predicted molar refractivity (Wildman–Crippen MR) is 91.0 cm³/mol. The maximum Gasteiger partial charge on any atom is 0.343 e. The maximum absolute atomic E-state index is 13.0. The van der Waals surface area contributed by atoms with E-state index in [9.17, 15) is 9.59 Å². The molecular weight excluding hydrogens is 302 g/mol. The van der Waals surface area contributed by atoms with Crippen LogP contribution >= 0.6 is 0 Å². The fourth-order valence-electron chi connectivity index (χ4n) is 3.46. The highest BCUT2D eigenvalue weighted by molar-refractivity contribution is 5.96. The Morgan fingerprint density at radius 2 is 1.58 bits per heavy atom. The second kappa shape index (κ2) is 6.00. The van der Waals surface area contributed by atoms with Crippen LogP contribution in [0.5, 0.6) is 0 Å². The molecule has 2 fully saturated rings. The van der Waals surface area contributed by atoms with Gasteiger partial charge in [-0.05, 0) is 24.1 Å². The standard InChI is InChI=1S/C19H19N3O2/c23-18-13-17-11-12-20(16-9-5-2-6-10-16)19(24)22(17)21(18)14-15-7-3-1-4-8-15/h1-10,17H,11-14H2. The van der Waals surface area contributed by atoms with Crippen molar-refractivity contribution in [2.24, 2.45) is 0 Å². The van der Waals surface area contributed by atoms with Crippen molar-refractivity contribution < 1.29 is 9.59 Å². The third-order valence-electron chi connectivity index (χ3n) is 4.66. The summed E-state index contributed by atoms with van der Waals surface area (Å²) in [6.07, 6.45) is 1.22. The Bertz CT molecular complexity index is 748. The molecule has 0 radical (unpaired) electrons. The first-order chi connectivity index (χ1) is 11.7. The molecule has 5 heteroatoms. The number of benzene rings is 2. The lowest BCUT2D eigenvalue weighted by molar-refractivity contribution is -0.136. The first-order valence-electron chi connectivity index (χ1n) is 8.24. The minimum absolute atomic E-state index is 0.0197. The molecule has 2 aliphatic heterocycles. The van der Waals surface area contributed by atoms with Crippen LogP contribution in [0.4, 0.5) is 10.5 Å². The van der Waals surface area contributed by atoms with Crippen LogP contribution in [0.1, 0.15) is 18.4 Å². The first kappa shape index (κ1) is 14.8. The van der Waals surface area contributed by atoms with Crippen LogP contribution in [0.2, 0.25) is 0 Å². The first-order valence-corrected chi connectivity index (χ1v) is 8.24.